The lowest BCUT2D eigenvalue weighted by Crippen LogP contribution is -2.43. The molecule has 0 atom stereocenters. The van der Waals surface area contributed by atoms with Gasteiger partial charge in [0.05, 0.1) is 17.2 Å². The lowest BCUT2D eigenvalue weighted by atomic mass is 9.84. The maximum atomic E-state index is 13.1. The number of carbonyl (C=O) groups excluding carboxylic acids is 2. The predicted octanol–water partition coefficient (Wildman–Crippen LogP) is 6.69. The number of hydrogen-bond donors (Lipinski definition) is 1. The van der Waals surface area contributed by atoms with Crippen molar-refractivity contribution in [1.29, 1.82) is 0 Å². The van der Waals surface area contributed by atoms with E-state index in [-0.39, 0.29) is 17.9 Å². The number of urea groups is 1. The molecule has 0 radical (unpaired) electrons. The van der Waals surface area contributed by atoms with Gasteiger partial charge in [0.25, 0.3) is 0 Å². The van der Waals surface area contributed by atoms with Gasteiger partial charge in [-0.15, -0.1) is 0 Å². The van der Waals surface area contributed by atoms with E-state index in [1.807, 2.05) is 23.2 Å². The van der Waals surface area contributed by atoms with Crippen molar-refractivity contribution in [2.24, 2.45) is 11.7 Å². The van der Waals surface area contributed by atoms with Gasteiger partial charge in [-0.25, -0.2) is 9.78 Å². The fraction of sp³-hybridized carbons (Fsp3) is 0.407. The number of likely N-dealkylation sites (tertiary alicyclic amines) is 2. The van der Waals surface area contributed by atoms with E-state index in [4.69, 9.17) is 22.3 Å². The van der Waals surface area contributed by atoms with Crippen molar-refractivity contribution >= 4 is 66.3 Å². The second-order valence-electron chi connectivity index (χ2n) is 9.82. The number of rotatable bonds is 3. The Labute approximate surface area is 232 Å². The minimum Gasteiger partial charge on any atom is -0.351 e. The van der Waals surface area contributed by atoms with Crippen LogP contribution in [0.1, 0.15) is 43.6 Å². The molecule has 0 bridgehead atoms. The minimum absolute atomic E-state index is 0.217. The van der Waals surface area contributed by atoms with Crippen molar-refractivity contribution in [2.75, 3.05) is 26.2 Å². The number of benzene rings is 1. The second-order valence-corrected chi connectivity index (χ2v) is 12.0. The van der Waals surface area contributed by atoms with E-state index in [1.165, 1.54) is 5.56 Å². The second kappa shape index (κ2) is 10.8. The largest absolute Gasteiger partial charge is 0.351 e. The third-order valence-corrected chi connectivity index (χ3v) is 8.86. The van der Waals surface area contributed by atoms with Gasteiger partial charge in [0.15, 0.2) is 0 Å². The number of amides is 3. The first kappa shape index (κ1) is 25.6. The van der Waals surface area contributed by atoms with Crippen molar-refractivity contribution in [3.8, 4) is 11.1 Å². The highest BCUT2D eigenvalue weighted by atomic mass is 79.9. The number of fused-ring (bicyclic) bond motifs is 2. The van der Waals surface area contributed by atoms with Gasteiger partial charge in [0.2, 0.25) is 5.91 Å². The Bertz CT molecular complexity index is 1290. The Hall–Kier alpha value is -2.03. The molecule has 1 aromatic heterocycles. The Morgan fingerprint density at radius 2 is 1.78 bits per heavy atom. The van der Waals surface area contributed by atoms with Crippen LogP contribution in [0, 0.1) is 5.92 Å². The number of piperidine rings is 2. The topological polar surface area (TPSA) is 79.5 Å². The van der Waals surface area contributed by atoms with Crippen molar-refractivity contribution < 1.29 is 9.59 Å². The van der Waals surface area contributed by atoms with E-state index in [2.05, 4.69) is 50.1 Å². The van der Waals surface area contributed by atoms with Gasteiger partial charge in [-0.3, -0.25) is 4.79 Å². The Morgan fingerprint density at radius 3 is 2.47 bits per heavy atom. The highest BCUT2D eigenvalue weighted by Gasteiger charge is 2.33. The third-order valence-electron chi connectivity index (χ3n) is 7.58. The SMILES string of the molecule is NC(=O)N1CCC(CC(=O)N2CCC(c3c4[c+](Br)cc(Cl)cc-4ccc4cc(Br)cnc34)CC2)CC1. The summed E-state index contributed by atoms with van der Waals surface area (Å²) in [7, 11) is 0. The average Bonchev–Trinajstić information content (AvgIpc) is 3.01. The standard InChI is InChI=1S/C27H27Br2ClN4O2/c28-20-12-19-2-1-18-13-21(30)14-22(29)24(18)25(26(19)32-15-20)17-5-9-33(10-6-17)23(35)11-16-3-7-34(8-4-16)27(31)36/h1-2,12-17H,3-11H2,(H-,31,36)/p+1. The molecule has 1 aromatic rings. The molecule has 2 aliphatic carbocycles. The zero-order valence-electron chi connectivity index (χ0n) is 19.9. The molecule has 2 N–H and O–H groups in total. The first-order valence-electron chi connectivity index (χ1n) is 12.3. The van der Waals surface area contributed by atoms with Crippen LogP contribution in [0.15, 0.2) is 45.5 Å². The first-order chi connectivity index (χ1) is 17.3. The lowest BCUT2D eigenvalue weighted by Gasteiger charge is -2.34. The van der Waals surface area contributed by atoms with Gasteiger partial charge in [-0.05, 0) is 77.3 Å². The smallest absolute Gasteiger partial charge is 0.314 e. The number of nitrogens with zero attached hydrogens (tertiary/aromatic N) is 3. The number of carbonyl (C=O) groups is 2. The first-order valence-corrected chi connectivity index (χ1v) is 14.3. The highest BCUT2D eigenvalue weighted by molar-refractivity contribution is 9.10. The van der Waals surface area contributed by atoms with Crippen molar-refractivity contribution in [2.45, 2.75) is 38.0 Å². The van der Waals surface area contributed by atoms with E-state index >= 15 is 0 Å². The third kappa shape index (κ3) is 5.31. The molecule has 0 saturated carbocycles. The van der Waals surface area contributed by atoms with Crippen LogP contribution in [0.2, 0.25) is 5.02 Å². The molecule has 2 fully saturated rings. The maximum Gasteiger partial charge on any atom is 0.314 e. The van der Waals surface area contributed by atoms with Crippen LogP contribution < -0.4 is 5.73 Å². The number of pyridine rings is 1. The molecule has 36 heavy (non-hydrogen) atoms. The molecule has 2 aliphatic heterocycles. The number of nitrogens with two attached hydrogens (primary N) is 1. The molecule has 9 heteroatoms. The fourth-order valence-electron chi connectivity index (χ4n) is 5.66. The maximum absolute atomic E-state index is 13.1. The van der Waals surface area contributed by atoms with Crippen LogP contribution in [0.4, 0.5) is 4.79 Å². The quantitative estimate of drug-likeness (QED) is 0.326. The van der Waals surface area contributed by atoms with Crippen LogP contribution >= 0.6 is 43.5 Å². The van der Waals surface area contributed by atoms with E-state index in [9.17, 15) is 9.59 Å². The summed E-state index contributed by atoms with van der Waals surface area (Å²) in [6.45, 7) is 2.74. The summed E-state index contributed by atoms with van der Waals surface area (Å²) in [5.74, 6) is 0.806. The molecule has 6 nitrogen and oxygen atoms in total. The molecule has 3 amide bonds. The highest BCUT2D eigenvalue weighted by Crippen LogP contribution is 2.44. The van der Waals surface area contributed by atoms with Crippen molar-refractivity contribution in [1.82, 2.24) is 14.8 Å². The summed E-state index contributed by atoms with van der Waals surface area (Å²) in [6, 6.07) is 9.88. The zero-order chi connectivity index (χ0) is 25.4. The summed E-state index contributed by atoms with van der Waals surface area (Å²) < 4.78 is 1.90. The molecule has 2 saturated heterocycles. The van der Waals surface area contributed by atoms with Crippen LogP contribution in [0.3, 0.4) is 0 Å². The molecule has 3 heterocycles. The monoisotopic (exact) mass is 633 g/mol. The van der Waals surface area contributed by atoms with E-state index in [1.54, 1.807) is 4.90 Å². The normalized spacial score (nSPS) is 17.6. The fourth-order valence-corrected chi connectivity index (χ4v) is 7.06. The van der Waals surface area contributed by atoms with Crippen LogP contribution in [0.5, 0.6) is 0 Å². The van der Waals surface area contributed by atoms with Crippen molar-refractivity contribution in [3.63, 3.8) is 0 Å². The molecule has 0 spiro atoms. The van der Waals surface area contributed by atoms with Gasteiger partial charge in [-0.2, -0.15) is 0 Å². The number of hydrogen-bond acceptors (Lipinski definition) is 3. The average molecular weight is 636 g/mol. The molecule has 188 valence electrons. The van der Waals surface area contributed by atoms with E-state index in [0.29, 0.717) is 30.5 Å². The Kier molecular flexibility index (Phi) is 7.65. The van der Waals surface area contributed by atoms with Gasteiger partial charge < -0.3 is 15.5 Å². The number of primary amides is 1. The summed E-state index contributed by atoms with van der Waals surface area (Å²) in [6.07, 6.45) is 5.83. The summed E-state index contributed by atoms with van der Waals surface area (Å²) >= 11 is 13.7. The lowest BCUT2D eigenvalue weighted by molar-refractivity contribution is -0.133. The van der Waals surface area contributed by atoms with Gasteiger partial charge in [0, 0.05) is 76.6 Å². The summed E-state index contributed by atoms with van der Waals surface area (Å²) in [4.78, 5) is 33.0. The Morgan fingerprint density at radius 1 is 1.08 bits per heavy atom. The molecule has 5 rings (SSSR count). The van der Waals surface area contributed by atoms with Crippen LogP contribution in [-0.2, 0) is 4.79 Å². The van der Waals surface area contributed by atoms with Crippen LogP contribution in [-0.4, -0.2) is 52.9 Å². The van der Waals surface area contributed by atoms with E-state index in [0.717, 1.165) is 69.7 Å². The van der Waals surface area contributed by atoms with Crippen molar-refractivity contribution in [3.05, 3.63) is 56.1 Å². The number of halogens is 3. The van der Waals surface area contributed by atoms with Gasteiger partial charge in [0.1, 0.15) is 20.6 Å². The molecular formula is C27H28Br2ClN4O2+. The Balaban J connectivity index is 1.36. The minimum atomic E-state index is -0.369. The molecule has 4 aliphatic rings. The molecule has 0 unspecified atom stereocenters. The molecule has 0 aromatic carbocycles. The predicted molar refractivity (Wildman–Crippen MR) is 150 cm³/mol. The zero-order valence-corrected chi connectivity index (χ0v) is 23.8. The van der Waals surface area contributed by atoms with Gasteiger partial charge in [-0.1, -0.05) is 0 Å². The van der Waals surface area contributed by atoms with E-state index < -0.39 is 0 Å². The van der Waals surface area contributed by atoms with Crippen LogP contribution in [0.25, 0.3) is 22.0 Å². The molecular weight excluding hydrogens is 608 g/mol. The van der Waals surface area contributed by atoms with Gasteiger partial charge >= 0.3 is 6.03 Å². The number of aromatic nitrogens is 1. The summed E-state index contributed by atoms with van der Waals surface area (Å²) in [5, 5.41) is 1.76. The summed E-state index contributed by atoms with van der Waals surface area (Å²) in [5.41, 5.74) is 9.79.